The molecular weight excluding hydrogens is 90.0 g/mol. The molecule has 0 aliphatic carbocycles. The molecule has 2 nitrogen and oxygen atoms in total. The lowest BCUT2D eigenvalue weighted by Crippen LogP contribution is -2.56. The van der Waals surface area contributed by atoms with Crippen molar-refractivity contribution in [3.8, 4) is 0 Å². The zero-order valence-corrected chi connectivity index (χ0v) is 3.12. The molecule has 0 saturated carbocycles. The lowest BCUT2D eigenvalue weighted by Gasteiger charge is -2.21. The molecule has 1 fully saturated rings. The highest BCUT2D eigenvalue weighted by atomic mass is 19.4. The molecule has 0 spiro atoms. The highest BCUT2D eigenvalue weighted by Crippen LogP contribution is 2.11. The Labute approximate surface area is 33.8 Å². The molecule has 1 aliphatic rings. The molecule has 0 atom stereocenters. The van der Waals surface area contributed by atoms with Gasteiger partial charge in [-0.3, -0.25) is 0 Å². The molecule has 0 amide bonds. The number of hydrogen-bond acceptors (Lipinski definition) is 1. The Morgan fingerprint density at radius 2 is 1.67 bits per heavy atom. The van der Waals surface area contributed by atoms with Crippen molar-refractivity contribution in [3.05, 3.63) is 0 Å². The summed E-state index contributed by atoms with van der Waals surface area (Å²) < 4.78 is 22.8. The van der Waals surface area contributed by atoms with Crippen LogP contribution < -0.4 is 5.32 Å². The number of nitrogens with one attached hydrogen (secondary N) is 1. The van der Waals surface area contributed by atoms with Crippen molar-refractivity contribution in [2.45, 2.75) is 0 Å². The first-order valence-corrected chi connectivity index (χ1v) is 1.68. The van der Waals surface area contributed by atoms with E-state index in [1.807, 2.05) is 0 Å². The maximum atomic E-state index is 11.4. The fourth-order valence-electron chi connectivity index (χ4n) is 0.281. The molecule has 0 aromatic heterocycles. The fourth-order valence-corrected chi connectivity index (χ4v) is 0.281. The molecule has 0 aromatic rings. The second-order valence-electron chi connectivity index (χ2n) is 1.33. The van der Waals surface area contributed by atoms with E-state index in [-0.39, 0.29) is 13.3 Å². The number of halogens is 2. The zero-order chi connectivity index (χ0) is 4.62. The van der Waals surface area contributed by atoms with Crippen LogP contribution in [0.25, 0.3) is 0 Å². The summed E-state index contributed by atoms with van der Waals surface area (Å²) in [5.74, 6) is 0. The van der Waals surface area contributed by atoms with E-state index < -0.39 is 4.93 Å². The van der Waals surface area contributed by atoms with E-state index in [9.17, 15) is 8.96 Å². The van der Waals surface area contributed by atoms with Crippen LogP contribution in [0.1, 0.15) is 0 Å². The molecule has 1 aliphatic heterocycles. The van der Waals surface area contributed by atoms with Gasteiger partial charge in [-0.05, 0) is 0 Å². The van der Waals surface area contributed by atoms with Crippen molar-refractivity contribution in [3.63, 3.8) is 0 Å². The van der Waals surface area contributed by atoms with Gasteiger partial charge in [0.2, 0.25) is 13.3 Å². The maximum absolute atomic E-state index is 11.4. The summed E-state index contributed by atoms with van der Waals surface area (Å²) in [6.45, 7) is -0.389. The molecule has 1 N–H and O–H groups in total. The first-order valence-electron chi connectivity index (χ1n) is 1.68. The van der Waals surface area contributed by atoms with Crippen molar-refractivity contribution in [1.82, 2.24) is 5.32 Å². The van der Waals surface area contributed by atoms with Crippen LogP contribution in [0, 0.1) is 0 Å². The molecule has 6 heavy (non-hydrogen) atoms. The highest BCUT2D eigenvalue weighted by molar-refractivity contribution is 4.29. The third kappa shape index (κ3) is 0.483. The first kappa shape index (κ1) is 3.95. The van der Waals surface area contributed by atoms with Gasteiger partial charge in [0.15, 0.2) is 0 Å². The molecule has 0 aromatic carbocycles. The van der Waals surface area contributed by atoms with Crippen molar-refractivity contribution >= 4 is 0 Å². The lowest BCUT2D eigenvalue weighted by molar-refractivity contribution is -1.20. The Morgan fingerprint density at radius 1 is 1.33 bits per heavy atom. The van der Waals surface area contributed by atoms with Crippen molar-refractivity contribution in [2.24, 2.45) is 0 Å². The molecule has 0 bridgehead atoms. The maximum Gasteiger partial charge on any atom is 0.214 e. The van der Waals surface area contributed by atoms with Gasteiger partial charge < -0.3 is 0 Å². The van der Waals surface area contributed by atoms with Gasteiger partial charge in [-0.25, -0.2) is 5.32 Å². The van der Waals surface area contributed by atoms with E-state index in [0.29, 0.717) is 0 Å². The van der Waals surface area contributed by atoms with E-state index >= 15 is 0 Å². The minimum atomic E-state index is -1.86. The minimum absolute atomic E-state index is 0.194. The summed E-state index contributed by atoms with van der Waals surface area (Å²) in [4.78, 5) is -1.86. The van der Waals surface area contributed by atoms with Gasteiger partial charge in [0, 0.05) is 8.96 Å². The Balaban J connectivity index is 2.31. The van der Waals surface area contributed by atoms with Crippen LogP contribution in [0.4, 0.5) is 8.96 Å². The van der Waals surface area contributed by atoms with E-state index in [1.54, 1.807) is 0 Å². The summed E-state index contributed by atoms with van der Waals surface area (Å²) >= 11 is 0. The van der Waals surface area contributed by atoms with Crippen LogP contribution in [0.2, 0.25) is 0 Å². The minimum Gasteiger partial charge on any atom is -0.210 e. The smallest absolute Gasteiger partial charge is 0.210 e. The molecule has 36 valence electrons. The van der Waals surface area contributed by atoms with Crippen LogP contribution in [0.5, 0.6) is 0 Å². The van der Waals surface area contributed by atoms with E-state index in [0.717, 1.165) is 0 Å². The quantitative estimate of drug-likeness (QED) is 0.420. The first-order chi connectivity index (χ1) is 2.71. The largest absolute Gasteiger partial charge is 0.214 e. The van der Waals surface area contributed by atoms with Crippen LogP contribution in [-0.4, -0.2) is 18.3 Å². The van der Waals surface area contributed by atoms with E-state index in [1.165, 1.54) is 0 Å². The molecule has 4 heteroatoms. The Hall–Kier alpha value is -0.220. The third-order valence-electron chi connectivity index (χ3n) is 0.686. The monoisotopic (exact) mass is 95.0 g/mol. The summed E-state index contributed by atoms with van der Waals surface area (Å²) in [5.41, 5.74) is 0. The summed E-state index contributed by atoms with van der Waals surface area (Å²) in [6.07, 6.45) is 0. The van der Waals surface area contributed by atoms with Gasteiger partial charge >= 0.3 is 0 Å². The van der Waals surface area contributed by atoms with Crippen molar-refractivity contribution < 1.29 is 13.9 Å². The summed E-state index contributed by atoms with van der Waals surface area (Å²) in [7, 11) is 0. The van der Waals surface area contributed by atoms with Gasteiger partial charge in [0.25, 0.3) is 0 Å². The Morgan fingerprint density at radius 3 is 1.67 bits per heavy atom. The predicted octanol–water partition coefficient (Wildman–Crippen LogP) is 0.0904. The topological polar surface area (TPSA) is 12.0 Å². The van der Waals surface area contributed by atoms with E-state index in [2.05, 4.69) is 5.32 Å². The number of hydrogen-bond donors (Lipinski definition) is 1. The van der Waals surface area contributed by atoms with Crippen LogP contribution in [0.15, 0.2) is 0 Å². The highest BCUT2D eigenvalue weighted by Gasteiger charge is 2.38. The van der Waals surface area contributed by atoms with Gasteiger partial charge in [-0.15, -0.1) is 0 Å². The molecule has 1 heterocycles. The normalized spacial score (nSPS) is 29.0. The second kappa shape index (κ2) is 0.886. The molecule has 1 saturated heterocycles. The average Bonchev–Trinajstić information content (AvgIpc) is 1.32. The summed E-state index contributed by atoms with van der Waals surface area (Å²) in [6, 6.07) is 0. The zero-order valence-electron chi connectivity index (χ0n) is 3.12. The number of nitrogens with zero attached hydrogens (tertiary/aromatic N) is 1. The van der Waals surface area contributed by atoms with Crippen molar-refractivity contribution in [1.29, 1.82) is 0 Å². The second-order valence-corrected chi connectivity index (χ2v) is 1.33. The Bertz CT molecular complexity index is 56.6. The lowest BCUT2D eigenvalue weighted by atomic mass is 10.7. The molecular formula is C2H5F2N2+. The summed E-state index contributed by atoms with van der Waals surface area (Å²) in [5, 5.41) is 2.42. The number of quaternary nitrogens is 1. The van der Waals surface area contributed by atoms with Gasteiger partial charge in [0.1, 0.15) is 0 Å². The van der Waals surface area contributed by atoms with Crippen molar-refractivity contribution in [2.75, 3.05) is 13.3 Å². The van der Waals surface area contributed by atoms with Crippen LogP contribution >= 0.6 is 0 Å². The predicted molar refractivity (Wildman–Crippen MR) is 15.3 cm³/mol. The van der Waals surface area contributed by atoms with Gasteiger partial charge in [-0.1, -0.05) is 0 Å². The van der Waals surface area contributed by atoms with Crippen LogP contribution in [-0.2, 0) is 0 Å². The third-order valence-corrected chi connectivity index (χ3v) is 0.686. The number of rotatable bonds is 0. The molecule has 0 unspecified atom stereocenters. The fraction of sp³-hybridized carbons (Fsp3) is 1.00. The van der Waals surface area contributed by atoms with Gasteiger partial charge in [-0.2, -0.15) is 0 Å². The molecule has 0 radical (unpaired) electrons. The molecule has 1 rings (SSSR count). The SMILES string of the molecule is F[N+]1(F)CNC1. The van der Waals surface area contributed by atoms with E-state index in [4.69, 9.17) is 0 Å². The van der Waals surface area contributed by atoms with Crippen LogP contribution in [0.3, 0.4) is 0 Å². The average molecular weight is 95.1 g/mol. The van der Waals surface area contributed by atoms with Gasteiger partial charge in [0.05, 0.1) is 4.93 Å². The standard InChI is InChI=1S/C2H5F2N2/c3-6(4)1-5-2-6/h5H,1-2H2/q+1. The Kier molecular flexibility index (Phi) is 0.584.